The normalized spacial score (nSPS) is 17.9. The maximum absolute atomic E-state index is 11.7. The van der Waals surface area contributed by atoms with E-state index in [0.29, 0.717) is 24.0 Å². The minimum absolute atomic E-state index is 0.385. The third-order valence-electron chi connectivity index (χ3n) is 3.35. The summed E-state index contributed by atoms with van der Waals surface area (Å²) in [5.41, 5.74) is 0.439. The summed E-state index contributed by atoms with van der Waals surface area (Å²) >= 11 is 0. The van der Waals surface area contributed by atoms with Crippen molar-refractivity contribution in [2.24, 2.45) is 5.41 Å². The van der Waals surface area contributed by atoms with Crippen LogP contribution in [0.4, 0.5) is 0 Å². The van der Waals surface area contributed by atoms with E-state index in [1.54, 1.807) is 0 Å². The number of methoxy groups -OCH3 is 2. The Morgan fingerprint density at radius 2 is 1.59 bits per heavy atom. The maximum Gasteiger partial charge on any atom is 0.334 e. The Labute approximate surface area is 101 Å². The lowest BCUT2D eigenvalue weighted by Crippen LogP contribution is -2.33. The molecule has 0 atom stereocenters. The first-order chi connectivity index (χ1) is 8.01. The first kappa shape index (κ1) is 13.5. The zero-order valence-electron chi connectivity index (χ0n) is 10.7. The van der Waals surface area contributed by atoms with E-state index in [2.05, 4.69) is 0 Å². The van der Waals surface area contributed by atoms with Crippen molar-refractivity contribution in [1.82, 2.24) is 0 Å². The van der Waals surface area contributed by atoms with Crippen molar-refractivity contribution in [2.75, 3.05) is 14.2 Å². The summed E-state index contributed by atoms with van der Waals surface area (Å²) in [7, 11) is 2.69. The highest BCUT2D eigenvalue weighted by atomic mass is 16.5. The predicted octanol–water partition coefficient (Wildman–Crippen LogP) is 2.01. The number of carbonyl (C=O) groups excluding carboxylic acids is 2. The standard InChI is InChI=1S/C13H18O4/c1-5-13(2)9(11(14)16-3)7-6-8-10(13)12(15)17-4/h7-8H,5-6H2,1-4H3. The predicted molar refractivity (Wildman–Crippen MR) is 63.2 cm³/mol. The molecule has 1 rings (SSSR count). The minimum atomic E-state index is -0.627. The van der Waals surface area contributed by atoms with Crippen molar-refractivity contribution >= 4 is 11.9 Å². The van der Waals surface area contributed by atoms with Gasteiger partial charge in [-0.2, -0.15) is 0 Å². The average Bonchev–Trinajstić information content (AvgIpc) is 2.37. The minimum Gasteiger partial charge on any atom is -0.466 e. The lowest BCUT2D eigenvalue weighted by atomic mass is 9.70. The highest BCUT2D eigenvalue weighted by molar-refractivity contribution is 5.98. The molecular formula is C13H18O4. The van der Waals surface area contributed by atoms with Gasteiger partial charge in [0.2, 0.25) is 0 Å². The Balaban J connectivity index is 3.17. The van der Waals surface area contributed by atoms with E-state index in [9.17, 15) is 9.59 Å². The molecule has 4 heteroatoms. The fourth-order valence-corrected chi connectivity index (χ4v) is 2.11. The van der Waals surface area contributed by atoms with Crippen LogP contribution in [0.25, 0.3) is 0 Å². The molecule has 0 N–H and O–H groups in total. The molecule has 17 heavy (non-hydrogen) atoms. The van der Waals surface area contributed by atoms with Gasteiger partial charge in [0.25, 0.3) is 0 Å². The Morgan fingerprint density at radius 1 is 1.18 bits per heavy atom. The molecule has 0 aromatic carbocycles. The number of hydrogen-bond acceptors (Lipinski definition) is 4. The van der Waals surface area contributed by atoms with Gasteiger partial charge in [-0.25, -0.2) is 9.59 Å². The van der Waals surface area contributed by atoms with Crippen LogP contribution in [0.2, 0.25) is 0 Å². The van der Waals surface area contributed by atoms with Gasteiger partial charge < -0.3 is 9.47 Å². The molecule has 0 unspecified atom stereocenters. The van der Waals surface area contributed by atoms with Gasteiger partial charge in [0, 0.05) is 16.6 Å². The van der Waals surface area contributed by atoms with E-state index in [0.717, 1.165) is 0 Å². The first-order valence-electron chi connectivity index (χ1n) is 5.59. The largest absolute Gasteiger partial charge is 0.466 e. The van der Waals surface area contributed by atoms with Crippen LogP contribution < -0.4 is 0 Å². The molecule has 0 saturated heterocycles. The Hall–Kier alpha value is -1.58. The monoisotopic (exact) mass is 238 g/mol. The van der Waals surface area contributed by atoms with Crippen molar-refractivity contribution in [3.05, 3.63) is 23.3 Å². The fourth-order valence-electron chi connectivity index (χ4n) is 2.11. The van der Waals surface area contributed by atoms with Crippen LogP contribution in [0.3, 0.4) is 0 Å². The number of hydrogen-bond donors (Lipinski definition) is 0. The van der Waals surface area contributed by atoms with Gasteiger partial charge in [-0.3, -0.25) is 0 Å². The lowest BCUT2D eigenvalue weighted by Gasteiger charge is -2.33. The van der Waals surface area contributed by atoms with Crippen LogP contribution in [0, 0.1) is 5.41 Å². The number of carbonyl (C=O) groups is 2. The van der Waals surface area contributed by atoms with Gasteiger partial charge in [0.15, 0.2) is 0 Å². The molecule has 0 aromatic rings. The second-order valence-electron chi connectivity index (χ2n) is 4.14. The highest BCUT2D eigenvalue weighted by Gasteiger charge is 2.41. The van der Waals surface area contributed by atoms with Crippen molar-refractivity contribution in [1.29, 1.82) is 0 Å². The molecule has 0 heterocycles. The van der Waals surface area contributed by atoms with Crippen LogP contribution in [0.15, 0.2) is 23.3 Å². The van der Waals surface area contributed by atoms with Crippen molar-refractivity contribution in [3.8, 4) is 0 Å². The highest BCUT2D eigenvalue weighted by Crippen LogP contribution is 2.42. The molecule has 0 radical (unpaired) electrons. The van der Waals surface area contributed by atoms with Crippen LogP contribution in [0.5, 0.6) is 0 Å². The Morgan fingerprint density at radius 3 is 1.88 bits per heavy atom. The van der Waals surface area contributed by atoms with Gasteiger partial charge in [-0.1, -0.05) is 26.0 Å². The molecule has 0 bridgehead atoms. The van der Waals surface area contributed by atoms with E-state index < -0.39 is 5.41 Å². The summed E-state index contributed by atoms with van der Waals surface area (Å²) < 4.78 is 9.52. The van der Waals surface area contributed by atoms with E-state index in [4.69, 9.17) is 9.47 Å². The summed E-state index contributed by atoms with van der Waals surface area (Å²) in [5, 5.41) is 0. The number of allylic oxidation sites excluding steroid dienone is 2. The second kappa shape index (κ2) is 5.17. The van der Waals surface area contributed by atoms with Crippen molar-refractivity contribution < 1.29 is 19.1 Å². The summed E-state index contributed by atoms with van der Waals surface area (Å²) in [5.74, 6) is -0.771. The van der Waals surface area contributed by atoms with E-state index in [1.165, 1.54) is 14.2 Å². The molecule has 0 aromatic heterocycles. The molecule has 0 fully saturated rings. The topological polar surface area (TPSA) is 52.6 Å². The van der Waals surface area contributed by atoms with E-state index >= 15 is 0 Å². The molecule has 4 nitrogen and oxygen atoms in total. The van der Waals surface area contributed by atoms with Gasteiger partial charge in [0.1, 0.15) is 0 Å². The van der Waals surface area contributed by atoms with Crippen molar-refractivity contribution in [3.63, 3.8) is 0 Å². The summed E-state index contributed by atoms with van der Waals surface area (Å²) in [6.45, 7) is 3.79. The maximum atomic E-state index is 11.7. The molecule has 0 aliphatic heterocycles. The molecule has 0 saturated carbocycles. The summed E-state index contributed by atoms with van der Waals surface area (Å²) in [6, 6.07) is 0. The summed E-state index contributed by atoms with van der Waals surface area (Å²) in [4.78, 5) is 23.5. The van der Waals surface area contributed by atoms with E-state index in [-0.39, 0.29) is 11.9 Å². The zero-order chi connectivity index (χ0) is 13.1. The lowest BCUT2D eigenvalue weighted by molar-refractivity contribution is -0.138. The third kappa shape index (κ3) is 2.25. The quantitative estimate of drug-likeness (QED) is 0.706. The Kier molecular flexibility index (Phi) is 4.10. The SMILES string of the molecule is CCC1(C)C(C(=O)OC)=CCC=C1C(=O)OC. The fraction of sp³-hybridized carbons (Fsp3) is 0.538. The van der Waals surface area contributed by atoms with Gasteiger partial charge in [-0.15, -0.1) is 0 Å². The molecule has 0 amide bonds. The number of esters is 2. The number of rotatable bonds is 3. The first-order valence-corrected chi connectivity index (χ1v) is 5.59. The van der Waals surface area contributed by atoms with E-state index in [1.807, 2.05) is 26.0 Å². The average molecular weight is 238 g/mol. The molecular weight excluding hydrogens is 220 g/mol. The van der Waals surface area contributed by atoms with Crippen LogP contribution in [-0.4, -0.2) is 26.2 Å². The smallest absolute Gasteiger partial charge is 0.334 e. The molecule has 0 spiro atoms. The van der Waals surface area contributed by atoms with Crippen LogP contribution >= 0.6 is 0 Å². The van der Waals surface area contributed by atoms with Gasteiger partial charge in [-0.05, 0) is 12.8 Å². The van der Waals surface area contributed by atoms with Crippen molar-refractivity contribution in [2.45, 2.75) is 26.7 Å². The third-order valence-corrected chi connectivity index (χ3v) is 3.35. The summed E-state index contributed by atoms with van der Waals surface area (Å²) in [6.07, 6.45) is 4.79. The zero-order valence-corrected chi connectivity index (χ0v) is 10.7. The Bertz CT molecular complexity index is 358. The van der Waals surface area contributed by atoms with Gasteiger partial charge >= 0.3 is 11.9 Å². The second-order valence-corrected chi connectivity index (χ2v) is 4.14. The molecule has 94 valence electrons. The van der Waals surface area contributed by atoms with Crippen LogP contribution in [-0.2, 0) is 19.1 Å². The number of ether oxygens (including phenoxy) is 2. The molecule has 1 aliphatic carbocycles. The van der Waals surface area contributed by atoms with Gasteiger partial charge in [0.05, 0.1) is 14.2 Å². The van der Waals surface area contributed by atoms with Crippen LogP contribution in [0.1, 0.15) is 26.7 Å². The molecule has 1 aliphatic rings.